The van der Waals surface area contributed by atoms with E-state index in [1.807, 2.05) is 18.3 Å². The first-order valence-electron chi connectivity index (χ1n) is 6.40. The zero-order valence-electron chi connectivity index (χ0n) is 11.0. The van der Waals surface area contributed by atoms with Crippen molar-refractivity contribution in [2.45, 2.75) is 13.3 Å². The van der Waals surface area contributed by atoms with Crippen LogP contribution in [0.1, 0.15) is 11.1 Å². The monoisotopic (exact) mass is 261 g/mol. The first-order valence-corrected chi connectivity index (χ1v) is 6.40. The third kappa shape index (κ3) is 3.26. The van der Waals surface area contributed by atoms with Crippen molar-refractivity contribution in [2.24, 2.45) is 0 Å². The van der Waals surface area contributed by atoms with Crippen LogP contribution in [-0.4, -0.2) is 35.8 Å². The molecule has 1 aromatic heterocycles. The minimum absolute atomic E-state index is 0.0466. The van der Waals surface area contributed by atoms with Crippen LogP contribution in [-0.2, 0) is 6.42 Å². The van der Waals surface area contributed by atoms with E-state index in [2.05, 4.69) is 28.6 Å². The fourth-order valence-electron chi connectivity index (χ4n) is 2.19. The molecular formula is C14H19N3O2. The Bertz CT molecular complexity index is 563. The number of nitrogens with one attached hydrogen (secondary N) is 3. The normalized spacial score (nSPS) is 10.6. The van der Waals surface area contributed by atoms with Crippen LogP contribution in [0.3, 0.4) is 0 Å². The molecule has 19 heavy (non-hydrogen) atoms. The fourth-order valence-corrected chi connectivity index (χ4v) is 2.19. The van der Waals surface area contributed by atoms with Crippen molar-refractivity contribution in [2.75, 3.05) is 19.7 Å². The number of hydrogen-bond donors (Lipinski definition) is 4. The van der Waals surface area contributed by atoms with Gasteiger partial charge in [-0.15, -0.1) is 0 Å². The molecule has 0 fully saturated rings. The average molecular weight is 261 g/mol. The maximum Gasteiger partial charge on any atom is 0.314 e. The zero-order chi connectivity index (χ0) is 13.7. The summed E-state index contributed by atoms with van der Waals surface area (Å²) in [5.74, 6) is 0. The SMILES string of the molecule is Cc1cccc2[nH]cc(CCNC(=O)NCCO)c12. The molecule has 0 saturated carbocycles. The molecule has 5 heteroatoms. The number of urea groups is 1. The first kappa shape index (κ1) is 13.4. The Balaban J connectivity index is 1.93. The van der Waals surface area contributed by atoms with Crippen molar-refractivity contribution in [3.05, 3.63) is 35.5 Å². The molecule has 0 bridgehead atoms. The lowest BCUT2D eigenvalue weighted by atomic mass is 10.1. The fraction of sp³-hybridized carbons (Fsp3) is 0.357. The molecule has 0 aliphatic rings. The largest absolute Gasteiger partial charge is 0.395 e. The van der Waals surface area contributed by atoms with Gasteiger partial charge in [-0.2, -0.15) is 0 Å². The van der Waals surface area contributed by atoms with E-state index < -0.39 is 0 Å². The van der Waals surface area contributed by atoms with Gasteiger partial charge in [-0.25, -0.2) is 4.79 Å². The highest BCUT2D eigenvalue weighted by Crippen LogP contribution is 2.22. The van der Waals surface area contributed by atoms with Crippen molar-refractivity contribution in [3.8, 4) is 0 Å². The molecule has 0 atom stereocenters. The van der Waals surface area contributed by atoms with Crippen LogP contribution in [0.15, 0.2) is 24.4 Å². The number of H-pyrrole nitrogens is 1. The first-order chi connectivity index (χ1) is 9.22. The number of aliphatic hydroxyl groups excluding tert-OH is 1. The van der Waals surface area contributed by atoms with Gasteiger partial charge in [-0.3, -0.25) is 0 Å². The van der Waals surface area contributed by atoms with Crippen LogP contribution in [0.4, 0.5) is 4.79 Å². The second-order valence-electron chi connectivity index (χ2n) is 4.47. The summed E-state index contributed by atoms with van der Waals surface area (Å²) in [6, 6.07) is 5.91. The van der Waals surface area contributed by atoms with Crippen LogP contribution < -0.4 is 10.6 Å². The van der Waals surface area contributed by atoms with Gasteiger partial charge in [0.2, 0.25) is 0 Å². The summed E-state index contributed by atoms with van der Waals surface area (Å²) < 4.78 is 0. The number of aryl methyl sites for hydroxylation is 1. The Hall–Kier alpha value is -2.01. The Labute approximate surface area is 112 Å². The van der Waals surface area contributed by atoms with Gasteiger partial charge < -0.3 is 20.7 Å². The molecule has 0 unspecified atom stereocenters. The summed E-state index contributed by atoms with van der Waals surface area (Å²) in [6.45, 7) is 2.88. The summed E-state index contributed by atoms with van der Waals surface area (Å²) in [5.41, 5.74) is 3.56. The van der Waals surface area contributed by atoms with Crippen molar-refractivity contribution in [3.63, 3.8) is 0 Å². The van der Waals surface area contributed by atoms with E-state index in [1.54, 1.807) is 0 Å². The number of carbonyl (C=O) groups excluding carboxylic acids is 1. The molecule has 0 saturated heterocycles. The Morgan fingerprint density at radius 3 is 2.89 bits per heavy atom. The molecule has 2 aromatic rings. The molecule has 1 aromatic carbocycles. The highest BCUT2D eigenvalue weighted by Gasteiger charge is 2.06. The number of hydrogen-bond acceptors (Lipinski definition) is 2. The van der Waals surface area contributed by atoms with E-state index in [1.165, 1.54) is 16.5 Å². The van der Waals surface area contributed by atoms with Crippen molar-refractivity contribution in [1.82, 2.24) is 15.6 Å². The molecule has 102 valence electrons. The lowest BCUT2D eigenvalue weighted by molar-refractivity contribution is 0.234. The molecule has 5 nitrogen and oxygen atoms in total. The van der Waals surface area contributed by atoms with Gasteiger partial charge in [0.15, 0.2) is 0 Å². The Morgan fingerprint density at radius 1 is 1.32 bits per heavy atom. The highest BCUT2D eigenvalue weighted by molar-refractivity contribution is 5.86. The minimum atomic E-state index is -0.245. The number of aromatic amines is 1. The number of amides is 2. The molecule has 1 heterocycles. The average Bonchev–Trinajstić information content (AvgIpc) is 2.81. The van der Waals surface area contributed by atoms with Gasteiger partial charge in [0.25, 0.3) is 0 Å². The van der Waals surface area contributed by atoms with Crippen LogP contribution in [0.2, 0.25) is 0 Å². The maximum atomic E-state index is 11.3. The lowest BCUT2D eigenvalue weighted by Crippen LogP contribution is -2.37. The molecule has 4 N–H and O–H groups in total. The highest BCUT2D eigenvalue weighted by atomic mass is 16.3. The standard InChI is InChI=1S/C14H19N3O2/c1-10-3-2-4-12-13(10)11(9-17-12)5-6-15-14(19)16-7-8-18/h2-4,9,17-18H,5-8H2,1H3,(H2,15,16,19). The quantitative estimate of drug-likeness (QED) is 0.655. The van der Waals surface area contributed by atoms with E-state index in [0.717, 1.165) is 11.9 Å². The van der Waals surface area contributed by atoms with Crippen molar-refractivity contribution < 1.29 is 9.90 Å². The van der Waals surface area contributed by atoms with Gasteiger partial charge in [0.05, 0.1) is 6.61 Å². The van der Waals surface area contributed by atoms with Gasteiger partial charge in [0, 0.05) is 30.2 Å². The number of aromatic nitrogens is 1. The lowest BCUT2D eigenvalue weighted by Gasteiger charge is -2.06. The van der Waals surface area contributed by atoms with E-state index in [0.29, 0.717) is 6.54 Å². The predicted molar refractivity (Wildman–Crippen MR) is 75.2 cm³/mol. The molecule has 0 spiro atoms. The number of fused-ring (bicyclic) bond motifs is 1. The summed E-state index contributed by atoms with van der Waals surface area (Å²) in [4.78, 5) is 14.6. The van der Waals surface area contributed by atoms with E-state index >= 15 is 0 Å². The number of aliphatic hydroxyl groups is 1. The Morgan fingerprint density at radius 2 is 2.11 bits per heavy atom. The topological polar surface area (TPSA) is 77.2 Å². The summed E-state index contributed by atoms with van der Waals surface area (Å²) in [5, 5.41) is 15.1. The van der Waals surface area contributed by atoms with Crippen LogP contribution in [0.5, 0.6) is 0 Å². The molecule has 2 rings (SSSR count). The van der Waals surface area contributed by atoms with Crippen molar-refractivity contribution >= 4 is 16.9 Å². The van der Waals surface area contributed by atoms with Crippen LogP contribution >= 0.6 is 0 Å². The second kappa shape index (κ2) is 6.24. The molecule has 0 aliphatic heterocycles. The van der Waals surface area contributed by atoms with E-state index in [4.69, 9.17) is 5.11 Å². The van der Waals surface area contributed by atoms with Gasteiger partial charge in [0.1, 0.15) is 0 Å². The van der Waals surface area contributed by atoms with Gasteiger partial charge in [-0.1, -0.05) is 12.1 Å². The zero-order valence-corrected chi connectivity index (χ0v) is 11.0. The summed E-state index contributed by atoms with van der Waals surface area (Å²) >= 11 is 0. The molecule has 0 radical (unpaired) electrons. The third-order valence-corrected chi connectivity index (χ3v) is 3.07. The maximum absolute atomic E-state index is 11.3. The smallest absolute Gasteiger partial charge is 0.314 e. The number of rotatable bonds is 5. The van der Waals surface area contributed by atoms with Crippen LogP contribution in [0.25, 0.3) is 10.9 Å². The molecule has 2 amide bonds. The predicted octanol–water partition coefficient (Wildman–Crippen LogP) is 1.31. The molecule has 0 aliphatic carbocycles. The third-order valence-electron chi connectivity index (χ3n) is 3.07. The second-order valence-corrected chi connectivity index (χ2v) is 4.47. The molecular weight excluding hydrogens is 242 g/mol. The summed E-state index contributed by atoms with van der Waals surface area (Å²) in [7, 11) is 0. The Kier molecular flexibility index (Phi) is 4.41. The number of carbonyl (C=O) groups is 1. The minimum Gasteiger partial charge on any atom is -0.395 e. The van der Waals surface area contributed by atoms with Gasteiger partial charge >= 0.3 is 6.03 Å². The van der Waals surface area contributed by atoms with Gasteiger partial charge in [-0.05, 0) is 30.5 Å². The summed E-state index contributed by atoms with van der Waals surface area (Å²) in [6.07, 6.45) is 2.77. The van der Waals surface area contributed by atoms with E-state index in [-0.39, 0.29) is 19.2 Å². The van der Waals surface area contributed by atoms with Crippen LogP contribution in [0, 0.1) is 6.92 Å². The van der Waals surface area contributed by atoms with E-state index in [9.17, 15) is 4.79 Å². The number of benzene rings is 1. The van der Waals surface area contributed by atoms with Crippen molar-refractivity contribution in [1.29, 1.82) is 0 Å².